The van der Waals surface area contributed by atoms with Gasteiger partial charge in [-0.05, 0) is 25.2 Å². The van der Waals surface area contributed by atoms with Crippen molar-refractivity contribution in [3.05, 3.63) is 0 Å². The van der Waals surface area contributed by atoms with Crippen LogP contribution in [-0.4, -0.2) is 12.7 Å². The lowest BCUT2D eigenvalue weighted by atomic mass is 10.0. The fourth-order valence-electron chi connectivity index (χ4n) is 1.36. The van der Waals surface area contributed by atoms with Crippen LogP contribution >= 0.6 is 0 Å². The Morgan fingerprint density at radius 1 is 1.36 bits per heavy atom. The summed E-state index contributed by atoms with van der Waals surface area (Å²) in [5.41, 5.74) is 0. The minimum atomic E-state index is 0.588. The Morgan fingerprint density at radius 2 is 2.00 bits per heavy atom. The summed E-state index contributed by atoms with van der Waals surface area (Å²) in [5.74, 6) is 0.799. The van der Waals surface area contributed by atoms with E-state index in [9.17, 15) is 0 Å². The van der Waals surface area contributed by atoms with Gasteiger partial charge < -0.3 is 4.74 Å². The lowest BCUT2D eigenvalue weighted by Gasteiger charge is -2.10. The number of hydrogen-bond acceptors (Lipinski definition) is 1. The Bertz CT molecular complexity index is 72.9. The van der Waals surface area contributed by atoms with E-state index in [0.717, 1.165) is 12.5 Å². The summed E-state index contributed by atoms with van der Waals surface area (Å²) in [6, 6.07) is 0. The van der Waals surface area contributed by atoms with E-state index >= 15 is 0 Å². The van der Waals surface area contributed by atoms with Crippen molar-refractivity contribution in [1.29, 1.82) is 0 Å². The molecule has 1 saturated heterocycles. The average molecular weight is 158 g/mol. The SMILES string of the molecule is CC.CC(C)CC1CCCO1. The first kappa shape index (κ1) is 11.0. The van der Waals surface area contributed by atoms with Crippen molar-refractivity contribution < 1.29 is 4.74 Å². The van der Waals surface area contributed by atoms with E-state index in [1.54, 1.807) is 0 Å². The van der Waals surface area contributed by atoms with Crippen molar-refractivity contribution in [2.75, 3.05) is 6.61 Å². The molecule has 0 N–H and O–H groups in total. The zero-order valence-corrected chi connectivity index (χ0v) is 8.39. The predicted molar refractivity (Wildman–Crippen MR) is 49.8 cm³/mol. The van der Waals surface area contributed by atoms with E-state index < -0.39 is 0 Å². The van der Waals surface area contributed by atoms with Gasteiger partial charge in [0.05, 0.1) is 6.10 Å². The van der Waals surface area contributed by atoms with Gasteiger partial charge in [0, 0.05) is 6.61 Å². The van der Waals surface area contributed by atoms with Crippen molar-refractivity contribution in [3.8, 4) is 0 Å². The van der Waals surface area contributed by atoms with Crippen molar-refractivity contribution in [2.45, 2.75) is 53.1 Å². The fraction of sp³-hybridized carbons (Fsp3) is 1.00. The summed E-state index contributed by atoms with van der Waals surface area (Å²) in [6.45, 7) is 9.50. The summed E-state index contributed by atoms with van der Waals surface area (Å²) in [5, 5.41) is 0. The topological polar surface area (TPSA) is 9.23 Å². The molecule has 1 heterocycles. The lowest BCUT2D eigenvalue weighted by molar-refractivity contribution is 0.0939. The maximum absolute atomic E-state index is 5.46. The highest BCUT2D eigenvalue weighted by Gasteiger charge is 2.15. The molecule has 1 aliphatic heterocycles. The molecule has 68 valence electrons. The highest BCUT2D eigenvalue weighted by atomic mass is 16.5. The summed E-state index contributed by atoms with van der Waals surface area (Å²) in [6.07, 6.45) is 4.40. The van der Waals surface area contributed by atoms with E-state index in [2.05, 4.69) is 13.8 Å². The van der Waals surface area contributed by atoms with Crippen LogP contribution in [-0.2, 0) is 4.74 Å². The van der Waals surface area contributed by atoms with Crippen LogP contribution in [0, 0.1) is 5.92 Å². The van der Waals surface area contributed by atoms with Gasteiger partial charge in [0.1, 0.15) is 0 Å². The molecule has 0 aliphatic carbocycles. The van der Waals surface area contributed by atoms with Crippen LogP contribution in [0.15, 0.2) is 0 Å². The number of rotatable bonds is 2. The molecule has 0 bridgehead atoms. The molecule has 1 unspecified atom stereocenters. The summed E-state index contributed by atoms with van der Waals surface area (Å²) in [7, 11) is 0. The van der Waals surface area contributed by atoms with Crippen LogP contribution in [0.25, 0.3) is 0 Å². The van der Waals surface area contributed by atoms with Crippen LogP contribution in [0.4, 0.5) is 0 Å². The molecular weight excluding hydrogens is 136 g/mol. The van der Waals surface area contributed by atoms with Gasteiger partial charge in [0.15, 0.2) is 0 Å². The van der Waals surface area contributed by atoms with Crippen LogP contribution in [0.5, 0.6) is 0 Å². The first-order chi connectivity index (χ1) is 5.29. The van der Waals surface area contributed by atoms with Crippen LogP contribution < -0.4 is 0 Å². The highest BCUT2D eigenvalue weighted by molar-refractivity contribution is 4.65. The van der Waals surface area contributed by atoms with Crippen LogP contribution in [0.3, 0.4) is 0 Å². The molecule has 1 aliphatic rings. The van der Waals surface area contributed by atoms with Gasteiger partial charge >= 0.3 is 0 Å². The largest absolute Gasteiger partial charge is 0.378 e. The van der Waals surface area contributed by atoms with Gasteiger partial charge in [0.25, 0.3) is 0 Å². The molecule has 0 aromatic rings. The molecule has 0 amide bonds. The third kappa shape index (κ3) is 5.25. The Hall–Kier alpha value is -0.0400. The van der Waals surface area contributed by atoms with Gasteiger partial charge in [0.2, 0.25) is 0 Å². The third-order valence-electron chi connectivity index (χ3n) is 1.76. The summed E-state index contributed by atoms with van der Waals surface area (Å²) < 4.78 is 5.46. The predicted octanol–water partition coefficient (Wildman–Crippen LogP) is 3.24. The Labute approximate surface area is 71.1 Å². The van der Waals surface area contributed by atoms with E-state index in [4.69, 9.17) is 4.74 Å². The van der Waals surface area contributed by atoms with E-state index in [1.807, 2.05) is 13.8 Å². The minimum absolute atomic E-state index is 0.588. The molecule has 1 atom stereocenters. The molecule has 0 saturated carbocycles. The molecule has 0 radical (unpaired) electrons. The highest BCUT2D eigenvalue weighted by Crippen LogP contribution is 2.18. The van der Waals surface area contributed by atoms with E-state index in [0.29, 0.717) is 6.10 Å². The number of ether oxygens (including phenoxy) is 1. The second-order valence-electron chi connectivity index (χ2n) is 3.26. The Balaban J connectivity index is 0.000000461. The molecule has 1 heteroatoms. The first-order valence-corrected chi connectivity index (χ1v) is 4.90. The average Bonchev–Trinajstić information content (AvgIpc) is 2.43. The molecule has 1 fully saturated rings. The zero-order valence-electron chi connectivity index (χ0n) is 8.39. The van der Waals surface area contributed by atoms with Crippen molar-refractivity contribution in [1.82, 2.24) is 0 Å². The maximum Gasteiger partial charge on any atom is 0.0578 e. The Morgan fingerprint density at radius 3 is 2.36 bits per heavy atom. The van der Waals surface area contributed by atoms with Crippen molar-refractivity contribution >= 4 is 0 Å². The summed E-state index contributed by atoms with van der Waals surface area (Å²) in [4.78, 5) is 0. The van der Waals surface area contributed by atoms with E-state index in [-0.39, 0.29) is 0 Å². The molecule has 0 aromatic carbocycles. The molecule has 1 rings (SSSR count). The molecule has 1 nitrogen and oxygen atoms in total. The molecule has 11 heavy (non-hydrogen) atoms. The van der Waals surface area contributed by atoms with Crippen LogP contribution in [0.2, 0.25) is 0 Å². The molecule has 0 spiro atoms. The number of hydrogen-bond donors (Lipinski definition) is 0. The van der Waals surface area contributed by atoms with Gasteiger partial charge in [-0.25, -0.2) is 0 Å². The zero-order chi connectivity index (χ0) is 8.69. The van der Waals surface area contributed by atoms with Crippen molar-refractivity contribution in [2.24, 2.45) is 5.92 Å². The van der Waals surface area contributed by atoms with Gasteiger partial charge in [-0.15, -0.1) is 0 Å². The quantitative estimate of drug-likeness (QED) is 0.599. The molecular formula is C10H22O. The van der Waals surface area contributed by atoms with Gasteiger partial charge in [-0.2, -0.15) is 0 Å². The molecule has 0 aromatic heterocycles. The van der Waals surface area contributed by atoms with Gasteiger partial charge in [-0.3, -0.25) is 0 Å². The van der Waals surface area contributed by atoms with Crippen molar-refractivity contribution in [3.63, 3.8) is 0 Å². The minimum Gasteiger partial charge on any atom is -0.378 e. The van der Waals surface area contributed by atoms with Crippen LogP contribution in [0.1, 0.15) is 47.0 Å². The summed E-state index contributed by atoms with van der Waals surface area (Å²) >= 11 is 0. The monoisotopic (exact) mass is 158 g/mol. The van der Waals surface area contributed by atoms with E-state index in [1.165, 1.54) is 19.3 Å². The lowest BCUT2D eigenvalue weighted by Crippen LogP contribution is -2.07. The van der Waals surface area contributed by atoms with Gasteiger partial charge in [-0.1, -0.05) is 27.7 Å². The third-order valence-corrected chi connectivity index (χ3v) is 1.76. The normalized spacial score (nSPS) is 23.2. The maximum atomic E-state index is 5.46. The standard InChI is InChI=1S/C8H16O.C2H6/c1-7(2)6-8-4-3-5-9-8;1-2/h7-8H,3-6H2,1-2H3;1-2H3. The fourth-order valence-corrected chi connectivity index (χ4v) is 1.36. The Kier molecular flexibility index (Phi) is 6.63. The second kappa shape index (κ2) is 6.66. The second-order valence-corrected chi connectivity index (χ2v) is 3.26. The smallest absolute Gasteiger partial charge is 0.0578 e. The first-order valence-electron chi connectivity index (χ1n) is 4.90.